The first-order valence-corrected chi connectivity index (χ1v) is 12.7. The zero-order valence-electron chi connectivity index (χ0n) is 18.8. The molecular weight excluding hydrogens is 487 g/mol. The van der Waals surface area contributed by atoms with E-state index in [0.717, 1.165) is 23.4 Å². The fraction of sp³-hybridized carbons (Fsp3) is 0.192. The SMILES string of the molecule is CCC(C)c1ccc(NC(=O)CSc2nnc(-c3cccc(Cl)c3)n2-c2ccc(Cl)cc2)cc1. The van der Waals surface area contributed by atoms with Crippen LogP contribution in [0.5, 0.6) is 0 Å². The standard InChI is InChI=1S/C26H24Cl2N4OS/c1-3-17(2)18-7-11-22(12-8-18)29-24(33)16-34-26-31-30-25(19-5-4-6-21(28)15-19)32(26)23-13-9-20(27)10-14-23/h4-15,17H,3,16H2,1-2H3,(H,29,33). The number of carbonyl (C=O) groups excluding carboxylic acids is 1. The largest absolute Gasteiger partial charge is 0.325 e. The average Bonchev–Trinajstić information content (AvgIpc) is 3.27. The normalized spacial score (nSPS) is 11.9. The molecule has 34 heavy (non-hydrogen) atoms. The van der Waals surface area contributed by atoms with Gasteiger partial charge in [0.05, 0.1) is 5.75 Å². The summed E-state index contributed by atoms with van der Waals surface area (Å²) in [5, 5.41) is 13.5. The highest BCUT2D eigenvalue weighted by Gasteiger charge is 2.18. The lowest BCUT2D eigenvalue weighted by molar-refractivity contribution is -0.113. The van der Waals surface area contributed by atoms with Crippen molar-refractivity contribution in [3.8, 4) is 17.1 Å². The van der Waals surface area contributed by atoms with Crippen LogP contribution < -0.4 is 5.32 Å². The Bertz CT molecular complexity index is 1270. The molecule has 0 saturated heterocycles. The van der Waals surface area contributed by atoms with Crippen molar-refractivity contribution in [3.63, 3.8) is 0 Å². The van der Waals surface area contributed by atoms with E-state index in [1.807, 2.05) is 65.2 Å². The molecule has 1 N–H and O–H groups in total. The molecule has 5 nitrogen and oxygen atoms in total. The minimum absolute atomic E-state index is 0.115. The van der Waals surface area contributed by atoms with E-state index in [1.54, 1.807) is 0 Å². The van der Waals surface area contributed by atoms with Crippen molar-refractivity contribution in [2.45, 2.75) is 31.3 Å². The van der Waals surface area contributed by atoms with Gasteiger partial charge in [0.15, 0.2) is 11.0 Å². The highest BCUT2D eigenvalue weighted by atomic mass is 35.5. The van der Waals surface area contributed by atoms with Gasteiger partial charge in [-0.25, -0.2) is 0 Å². The Kier molecular flexibility index (Phi) is 7.93. The number of carbonyl (C=O) groups is 1. The molecule has 8 heteroatoms. The Hall–Kier alpha value is -2.80. The van der Waals surface area contributed by atoms with Gasteiger partial charge in [0.1, 0.15) is 0 Å². The zero-order valence-corrected chi connectivity index (χ0v) is 21.2. The Labute approximate surface area is 213 Å². The molecule has 0 spiro atoms. The van der Waals surface area contributed by atoms with Gasteiger partial charge in [0.2, 0.25) is 5.91 Å². The van der Waals surface area contributed by atoms with Crippen molar-refractivity contribution in [3.05, 3.63) is 88.4 Å². The van der Waals surface area contributed by atoms with Crippen LogP contribution >= 0.6 is 35.0 Å². The summed E-state index contributed by atoms with van der Waals surface area (Å²) < 4.78 is 1.90. The van der Waals surface area contributed by atoms with Crippen molar-refractivity contribution in [2.75, 3.05) is 11.1 Å². The van der Waals surface area contributed by atoms with Crippen molar-refractivity contribution < 1.29 is 4.79 Å². The van der Waals surface area contributed by atoms with Gasteiger partial charge >= 0.3 is 0 Å². The topological polar surface area (TPSA) is 59.8 Å². The number of hydrogen-bond acceptors (Lipinski definition) is 4. The summed E-state index contributed by atoms with van der Waals surface area (Å²) in [5.41, 5.74) is 3.71. The summed E-state index contributed by atoms with van der Waals surface area (Å²) >= 11 is 13.6. The number of benzene rings is 3. The summed E-state index contributed by atoms with van der Waals surface area (Å²) in [4.78, 5) is 12.7. The van der Waals surface area contributed by atoms with Gasteiger partial charge in [-0.05, 0) is 66.4 Å². The smallest absolute Gasteiger partial charge is 0.234 e. The zero-order chi connectivity index (χ0) is 24.1. The second-order valence-electron chi connectivity index (χ2n) is 7.90. The molecular formula is C26H24Cl2N4OS. The maximum atomic E-state index is 12.7. The highest BCUT2D eigenvalue weighted by Crippen LogP contribution is 2.30. The molecule has 0 fully saturated rings. The summed E-state index contributed by atoms with van der Waals surface area (Å²) in [6, 6.07) is 22.8. The van der Waals surface area contributed by atoms with Crippen LogP contribution in [0, 0.1) is 0 Å². The second kappa shape index (κ2) is 11.1. The van der Waals surface area contributed by atoms with Crippen LogP contribution in [0.15, 0.2) is 78.0 Å². The maximum Gasteiger partial charge on any atom is 0.234 e. The average molecular weight is 511 g/mol. The van der Waals surface area contributed by atoms with Crippen molar-refractivity contribution in [1.82, 2.24) is 14.8 Å². The van der Waals surface area contributed by atoms with Crippen molar-refractivity contribution in [1.29, 1.82) is 0 Å². The van der Waals surface area contributed by atoms with Gasteiger partial charge in [-0.1, -0.05) is 73.1 Å². The minimum atomic E-state index is -0.115. The van der Waals surface area contributed by atoms with E-state index in [1.165, 1.54) is 17.3 Å². The lowest BCUT2D eigenvalue weighted by Crippen LogP contribution is -2.14. The Morgan fingerprint density at radius 3 is 2.41 bits per heavy atom. The molecule has 0 saturated carbocycles. The highest BCUT2D eigenvalue weighted by molar-refractivity contribution is 7.99. The molecule has 4 rings (SSSR count). The third-order valence-corrected chi connectivity index (χ3v) is 6.93. The lowest BCUT2D eigenvalue weighted by Gasteiger charge is -2.12. The molecule has 1 amide bonds. The van der Waals surface area contributed by atoms with Crippen LogP contribution in [0.3, 0.4) is 0 Å². The molecule has 0 bridgehead atoms. The summed E-state index contributed by atoms with van der Waals surface area (Å²) in [7, 11) is 0. The predicted molar refractivity (Wildman–Crippen MR) is 141 cm³/mol. The fourth-order valence-corrected chi connectivity index (χ4v) is 4.53. The van der Waals surface area contributed by atoms with E-state index in [0.29, 0.717) is 26.9 Å². The number of halogens is 2. The molecule has 0 aliphatic heterocycles. The molecule has 4 aromatic rings. The number of nitrogens with zero attached hydrogens (tertiary/aromatic N) is 3. The number of thioether (sulfide) groups is 1. The number of amides is 1. The molecule has 1 unspecified atom stereocenters. The lowest BCUT2D eigenvalue weighted by atomic mass is 9.99. The minimum Gasteiger partial charge on any atom is -0.325 e. The van der Waals surface area contributed by atoms with Crippen LogP contribution in [0.4, 0.5) is 5.69 Å². The molecule has 1 heterocycles. The van der Waals surface area contributed by atoms with Crippen LogP contribution in [-0.2, 0) is 4.79 Å². The van der Waals surface area contributed by atoms with Crippen LogP contribution in [0.1, 0.15) is 31.7 Å². The summed E-state index contributed by atoms with van der Waals surface area (Å²) in [6.45, 7) is 4.36. The molecule has 3 aromatic carbocycles. The Balaban J connectivity index is 1.53. The molecule has 0 radical (unpaired) electrons. The van der Waals surface area contributed by atoms with Crippen LogP contribution in [-0.4, -0.2) is 26.4 Å². The van der Waals surface area contributed by atoms with Gasteiger partial charge in [0, 0.05) is 27.0 Å². The third-order valence-electron chi connectivity index (χ3n) is 5.51. The monoisotopic (exact) mass is 510 g/mol. The first-order chi connectivity index (χ1) is 16.4. The van der Waals surface area contributed by atoms with E-state index in [-0.39, 0.29) is 11.7 Å². The van der Waals surface area contributed by atoms with Gasteiger partial charge in [0.25, 0.3) is 0 Å². The van der Waals surface area contributed by atoms with E-state index in [4.69, 9.17) is 23.2 Å². The van der Waals surface area contributed by atoms with E-state index in [2.05, 4.69) is 41.5 Å². The second-order valence-corrected chi connectivity index (χ2v) is 9.71. The van der Waals surface area contributed by atoms with Gasteiger partial charge < -0.3 is 5.32 Å². The molecule has 1 atom stereocenters. The number of rotatable bonds is 8. The number of nitrogens with one attached hydrogen (secondary N) is 1. The number of aromatic nitrogens is 3. The first kappa shape index (κ1) is 24.3. The first-order valence-electron chi connectivity index (χ1n) is 10.9. The Morgan fingerprint density at radius 1 is 1.00 bits per heavy atom. The molecule has 1 aromatic heterocycles. The van der Waals surface area contributed by atoms with Gasteiger partial charge in [-0.15, -0.1) is 10.2 Å². The third kappa shape index (κ3) is 5.81. The fourth-order valence-electron chi connectivity index (χ4n) is 3.46. The van der Waals surface area contributed by atoms with E-state index < -0.39 is 0 Å². The van der Waals surface area contributed by atoms with Crippen molar-refractivity contribution >= 4 is 46.6 Å². The molecule has 174 valence electrons. The van der Waals surface area contributed by atoms with Crippen LogP contribution in [0.2, 0.25) is 10.0 Å². The number of anilines is 1. The molecule has 0 aliphatic rings. The van der Waals surface area contributed by atoms with Gasteiger partial charge in [-0.2, -0.15) is 0 Å². The quantitative estimate of drug-likeness (QED) is 0.249. The Morgan fingerprint density at radius 2 is 1.74 bits per heavy atom. The molecule has 0 aliphatic carbocycles. The van der Waals surface area contributed by atoms with Crippen molar-refractivity contribution in [2.24, 2.45) is 0 Å². The number of hydrogen-bond donors (Lipinski definition) is 1. The predicted octanol–water partition coefficient (Wildman–Crippen LogP) is 7.49. The summed E-state index contributed by atoms with van der Waals surface area (Å²) in [6.07, 6.45) is 1.08. The van der Waals surface area contributed by atoms with Gasteiger partial charge in [-0.3, -0.25) is 9.36 Å². The maximum absolute atomic E-state index is 12.7. The van der Waals surface area contributed by atoms with Crippen LogP contribution in [0.25, 0.3) is 17.1 Å². The van der Waals surface area contributed by atoms with E-state index in [9.17, 15) is 4.79 Å². The van der Waals surface area contributed by atoms with E-state index >= 15 is 0 Å². The summed E-state index contributed by atoms with van der Waals surface area (Å²) in [5.74, 6) is 1.20.